The number of methoxy groups -OCH3 is 1. The lowest BCUT2D eigenvalue weighted by molar-refractivity contribution is 0.0599. The van der Waals surface area contributed by atoms with Crippen LogP contribution in [0.5, 0.6) is 0 Å². The molecule has 5 heteroatoms. The van der Waals surface area contributed by atoms with Gasteiger partial charge in [-0.25, -0.2) is 9.18 Å². The lowest BCUT2D eigenvalue weighted by Gasteiger charge is -2.08. The molecule has 0 atom stereocenters. The van der Waals surface area contributed by atoms with Gasteiger partial charge in [0.25, 0.3) is 0 Å². The summed E-state index contributed by atoms with van der Waals surface area (Å²) in [5.74, 6) is -0.844. The molecule has 1 aromatic heterocycles. The highest BCUT2D eigenvalue weighted by Gasteiger charge is 2.13. The number of nitrogens with zero attached hydrogens (tertiary/aromatic N) is 1. The molecule has 2 rings (SSSR count). The van der Waals surface area contributed by atoms with Gasteiger partial charge in [0.15, 0.2) is 0 Å². The van der Waals surface area contributed by atoms with Gasteiger partial charge in [0.1, 0.15) is 5.82 Å². The number of carbonyl (C=O) groups excluding carboxylic acids is 1. The smallest absolute Gasteiger partial charge is 0.339 e. The van der Waals surface area contributed by atoms with E-state index in [0.717, 1.165) is 0 Å². The number of halogens is 2. The molecule has 3 nitrogen and oxygen atoms in total. The van der Waals surface area contributed by atoms with Gasteiger partial charge in [-0.15, -0.1) is 0 Å². The molecule has 98 valence electrons. The van der Waals surface area contributed by atoms with Crippen molar-refractivity contribution in [3.63, 3.8) is 0 Å². The third-order valence-corrected chi connectivity index (χ3v) is 3.07. The first-order chi connectivity index (χ1) is 9.11. The van der Waals surface area contributed by atoms with E-state index < -0.39 is 5.97 Å². The number of aromatic nitrogens is 1. The number of pyridine rings is 1. The highest BCUT2D eigenvalue weighted by atomic mass is 35.5. The van der Waals surface area contributed by atoms with E-state index in [-0.39, 0.29) is 5.82 Å². The molecule has 1 heterocycles. The maximum Gasteiger partial charge on any atom is 0.339 e. The fourth-order valence-corrected chi connectivity index (χ4v) is 1.94. The summed E-state index contributed by atoms with van der Waals surface area (Å²) < 4.78 is 17.9. The molecule has 0 unspecified atom stereocenters. The Hall–Kier alpha value is -1.94. The van der Waals surface area contributed by atoms with Crippen molar-refractivity contribution in [2.24, 2.45) is 0 Å². The predicted molar refractivity (Wildman–Crippen MR) is 69.8 cm³/mol. The number of esters is 1. The van der Waals surface area contributed by atoms with E-state index in [1.54, 1.807) is 12.3 Å². The summed E-state index contributed by atoms with van der Waals surface area (Å²) in [4.78, 5) is 15.5. The molecule has 0 N–H and O–H groups in total. The van der Waals surface area contributed by atoms with Crippen LogP contribution < -0.4 is 0 Å². The third kappa shape index (κ3) is 3.09. The average molecular weight is 280 g/mol. The van der Waals surface area contributed by atoms with E-state index in [1.165, 1.54) is 31.5 Å². The maximum absolute atomic E-state index is 13.2. The summed E-state index contributed by atoms with van der Waals surface area (Å²) in [6, 6.07) is 5.82. The van der Waals surface area contributed by atoms with Crippen molar-refractivity contribution in [1.82, 2.24) is 4.98 Å². The predicted octanol–water partition coefficient (Wildman–Crippen LogP) is 3.25. The first kappa shape index (κ1) is 13.5. The first-order valence-electron chi connectivity index (χ1n) is 5.57. The van der Waals surface area contributed by atoms with Crippen molar-refractivity contribution < 1.29 is 13.9 Å². The van der Waals surface area contributed by atoms with Crippen molar-refractivity contribution in [3.8, 4) is 0 Å². The fraction of sp³-hybridized carbons (Fsp3) is 0.143. The van der Waals surface area contributed by atoms with Crippen LogP contribution >= 0.6 is 11.6 Å². The van der Waals surface area contributed by atoms with E-state index >= 15 is 0 Å². The van der Waals surface area contributed by atoms with Crippen molar-refractivity contribution in [2.75, 3.05) is 7.11 Å². The van der Waals surface area contributed by atoms with Gasteiger partial charge in [0.2, 0.25) is 0 Å². The molecule has 0 aliphatic carbocycles. The second-order valence-corrected chi connectivity index (χ2v) is 4.34. The minimum Gasteiger partial charge on any atom is -0.465 e. The fourth-order valence-electron chi connectivity index (χ4n) is 1.76. The average Bonchev–Trinajstić information content (AvgIpc) is 2.42. The summed E-state index contributed by atoms with van der Waals surface area (Å²) in [7, 11) is 1.30. The number of carbonyl (C=O) groups is 1. The lowest BCUT2D eigenvalue weighted by atomic mass is 10.0. The summed E-state index contributed by atoms with van der Waals surface area (Å²) in [5, 5.41) is 0.453. The van der Waals surface area contributed by atoms with Crippen LogP contribution in [0.25, 0.3) is 0 Å². The Balaban J connectivity index is 2.38. The van der Waals surface area contributed by atoms with Gasteiger partial charge in [-0.3, -0.25) is 4.98 Å². The molecule has 0 aliphatic heterocycles. The Morgan fingerprint density at radius 1 is 1.37 bits per heavy atom. The van der Waals surface area contributed by atoms with Crippen LogP contribution in [0.3, 0.4) is 0 Å². The topological polar surface area (TPSA) is 39.2 Å². The molecule has 1 aromatic carbocycles. The number of ether oxygens (including phenoxy) is 1. The van der Waals surface area contributed by atoms with E-state index in [2.05, 4.69) is 9.72 Å². The lowest BCUT2D eigenvalue weighted by Crippen LogP contribution is -2.07. The molecule has 0 spiro atoms. The maximum atomic E-state index is 13.2. The molecule has 19 heavy (non-hydrogen) atoms. The van der Waals surface area contributed by atoms with Crippen LogP contribution in [0.4, 0.5) is 4.39 Å². The Morgan fingerprint density at radius 3 is 2.89 bits per heavy atom. The first-order valence-corrected chi connectivity index (χ1v) is 5.94. The standard InChI is InChI=1S/C14H11ClFNO2/c1-19-14(18)12-8-17-5-4-9(12)6-10-7-11(16)2-3-13(10)15/h2-5,7-8H,6H2,1H3. The van der Waals surface area contributed by atoms with Crippen molar-refractivity contribution in [2.45, 2.75) is 6.42 Å². The third-order valence-electron chi connectivity index (χ3n) is 2.71. The molecule has 0 radical (unpaired) electrons. The van der Waals surface area contributed by atoms with Gasteiger partial charge in [0.05, 0.1) is 12.7 Å². The molecule has 0 amide bonds. The van der Waals surface area contributed by atoms with Crippen molar-refractivity contribution in [1.29, 1.82) is 0 Å². The zero-order valence-corrected chi connectivity index (χ0v) is 10.9. The molecule has 2 aromatic rings. The number of hydrogen-bond acceptors (Lipinski definition) is 3. The van der Waals surface area contributed by atoms with Crippen LogP contribution in [-0.4, -0.2) is 18.1 Å². The minimum absolute atomic E-state index is 0.337. The largest absolute Gasteiger partial charge is 0.465 e. The molecule has 0 bridgehead atoms. The molecule has 0 saturated carbocycles. The SMILES string of the molecule is COC(=O)c1cnccc1Cc1cc(F)ccc1Cl. The summed E-state index contributed by atoms with van der Waals surface area (Å²) in [6.45, 7) is 0. The number of benzene rings is 1. The van der Waals surface area contributed by atoms with Gasteiger partial charge in [-0.2, -0.15) is 0 Å². The van der Waals surface area contributed by atoms with E-state index in [9.17, 15) is 9.18 Å². The van der Waals surface area contributed by atoms with Crippen LogP contribution in [0.15, 0.2) is 36.7 Å². The minimum atomic E-state index is -0.476. The number of hydrogen-bond donors (Lipinski definition) is 0. The van der Waals surface area contributed by atoms with Crippen LogP contribution in [0, 0.1) is 5.82 Å². The zero-order valence-electron chi connectivity index (χ0n) is 10.2. The Kier molecular flexibility index (Phi) is 4.12. The van der Waals surface area contributed by atoms with E-state index in [0.29, 0.717) is 28.1 Å². The van der Waals surface area contributed by atoms with E-state index in [4.69, 9.17) is 11.6 Å². The number of rotatable bonds is 3. The van der Waals surface area contributed by atoms with Crippen molar-refractivity contribution >= 4 is 17.6 Å². The monoisotopic (exact) mass is 279 g/mol. The molecule has 0 fully saturated rings. The Bertz CT molecular complexity index is 616. The summed E-state index contributed by atoms with van der Waals surface area (Å²) in [6.07, 6.45) is 3.33. The summed E-state index contributed by atoms with van der Waals surface area (Å²) in [5.41, 5.74) is 1.65. The molecular weight excluding hydrogens is 269 g/mol. The second-order valence-electron chi connectivity index (χ2n) is 3.94. The normalized spacial score (nSPS) is 10.3. The Labute approximate surface area is 115 Å². The molecular formula is C14H11ClFNO2. The Morgan fingerprint density at radius 2 is 2.16 bits per heavy atom. The van der Waals surface area contributed by atoms with Crippen LogP contribution in [-0.2, 0) is 11.2 Å². The molecule has 0 aliphatic rings. The quantitative estimate of drug-likeness (QED) is 0.810. The second kappa shape index (κ2) is 5.80. The van der Waals surface area contributed by atoms with Gasteiger partial charge in [0, 0.05) is 17.4 Å². The van der Waals surface area contributed by atoms with Gasteiger partial charge >= 0.3 is 5.97 Å². The van der Waals surface area contributed by atoms with Gasteiger partial charge < -0.3 is 4.74 Å². The highest BCUT2D eigenvalue weighted by molar-refractivity contribution is 6.31. The van der Waals surface area contributed by atoms with Gasteiger partial charge in [-0.1, -0.05) is 11.6 Å². The molecule has 0 saturated heterocycles. The zero-order chi connectivity index (χ0) is 13.8. The van der Waals surface area contributed by atoms with Crippen LogP contribution in [0.2, 0.25) is 5.02 Å². The highest BCUT2D eigenvalue weighted by Crippen LogP contribution is 2.22. The summed E-state index contributed by atoms with van der Waals surface area (Å²) >= 11 is 6.01. The van der Waals surface area contributed by atoms with Gasteiger partial charge in [-0.05, 0) is 41.8 Å². The van der Waals surface area contributed by atoms with Crippen LogP contribution in [0.1, 0.15) is 21.5 Å². The van der Waals surface area contributed by atoms with Crippen molar-refractivity contribution in [3.05, 3.63) is 64.2 Å². The van der Waals surface area contributed by atoms with E-state index in [1.807, 2.05) is 0 Å².